The van der Waals surface area contributed by atoms with Gasteiger partial charge in [0.05, 0.1) is 34.5 Å². The van der Waals surface area contributed by atoms with Crippen molar-refractivity contribution in [3.8, 4) is 0 Å². The Morgan fingerprint density at radius 1 is 1.19 bits per heavy atom. The minimum absolute atomic E-state index is 0.223. The zero-order valence-electron chi connectivity index (χ0n) is 18.3. The number of aryl methyl sites for hydroxylation is 1. The number of pyridine rings is 1. The van der Waals surface area contributed by atoms with E-state index in [0.29, 0.717) is 21.3 Å². The second kappa shape index (κ2) is 10.1. The molecular formula is C23H27Cl2N5O2. The van der Waals surface area contributed by atoms with Crippen LogP contribution in [-0.2, 0) is 11.2 Å². The predicted molar refractivity (Wildman–Crippen MR) is 130 cm³/mol. The molecule has 0 bridgehead atoms. The Bertz CT molecular complexity index is 1110. The van der Waals surface area contributed by atoms with Gasteiger partial charge < -0.3 is 15.0 Å². The summed E-state index contributed by atoms with van der Waals surface area (Å²) in [7, 11) is 2.07. The number of carbonyl (C=O) groups is 1. The Hall–Kier alpha value is -2.32. The van der Waals surface area contributed by atoms with Gasteiger partial charge in [0.15, 0.2) is 0 Å². The molecule has 1 fully saturated rings. The van der Waals surface area contributed by atoms with Gasteiger partial charge in [-0.15, -0.1) is 0 Å². The zero-order valence-corrected chi connectivity index (χ0v) is 19.8. The first-order chi connectivity index (χ1) is 15.5. The SMILES string of the molecule is CCc1nc2ccc(C(=O)Nc3ccc(Cl)c(Cl)c3)cn2c1N(C)CCN1CCOCC1. The number of morpholine rings is 1. The minimum atomic E-state index is -0.223. The van der Waals surface area contributed by atoms with Gasteiger partial charge in [0.2, 0.25) is 0 Å². The number of imidazole rings is 1. The molecule has 2 aromatic heterocycles. The lowest BCUT2D eigenvalue weighted by Gasteiger charge is -2.29. The number of nitrogens with zero attached hydrogens (tertiary/aromatic N) is 4. The molecule has 1 saturated heterocycles. The highest BCUT2D eigenvalue weighted by Crippen LogP contribution is 2.26. The van der Waals surface area contributed by atoms with Gasteiger partial charge in [-0.25, -0.2) is 4.98 Å². The topological polar surface area (TPSA) is 62.1 Å². The maximum absolute atomic E-state index is 12.9. The second-order valence-corrected chi connectivity index (χ2v) is 8.65. The fraction of sp³-hybridized carbons (Fsp3) is 0.391. The molecule has 1 aliphatic heterocycles. The number of likely N-dealkylation sites (N-methyl/N-ethyl adjacent to an activating group) is 1. The summed E-state index contributed by atoms with van der Waals surface area (Å²) in [4.78, 5) is 22.3. The molecular weight excluding hydrogens is 449 g/mol. The average Bonchev–Trinajstić information content (AvgIpc) is 3.18. The lowest BCUT2D eigenvalue weighted by atomic mass is 10.2. The number of halogens is 2. The summed E-state index contributed by atoms with van der Waals surface area (Å²) in [5.74, 6) is 0.791. The van der Waals surface area contributed by atoms with Crippen molar-refractivity contribution in [2.75, 3.05) is 56.7 Å². The molecule has 1 amide bonds. The molecule has 0 saturated carbocycles. The Kier molecular flexibility index (Phi) is 7.20. The van der Waals surface area contributed by atoms with Crippen LogP contribution in [0.3, 0.4) is 0 Å². The fourth-order valence-electron chi connectivity index (χ4n) is 3.86. The van der Waals surface area contributed by atoms with Crippen LogP contribution in [0.25, 0.3) is 5.65 Å². The number of hydrogen-bond donors (Lipinski definition) is 1. The monoisotopic (exact) mass is 475 g/mol. The van der Waals surface area contributed by atoms with E-state index < -0.39 is 0 Å². The standard InChI is InChI=1S/C23H27Cl2N5O2/c1-3-20-23(28(2)8-9-29-10-12-32-13-11-29)30-15-16(4-7-21(30)27-20)22(31)26-17-5-6-18(24)19(25)14-17/h4-7,14-15H,3,8-13H2,1-2H3,(H,26,31). The highest BCUT2D eigenvalue weighted by atomic mass is 35.5. The molecule has 4 rings (SSSR count). The predicted octanol–water partition coefficient (Wildman–Crippen LogP) is 4.22. The molecule has 1 N–H and O–H groups in total. The molecule has 0 aliphatic carbocycles. The fourth-order valence-corrected chi connectivity index (χ4v) is 4.15. The van der Waals surface area contributed by atoms with Crippen LogP contribution in [0, 0.1) is 0 Å². The lowest BCUT2D eigenvalue weighted by Crippen LogP contribution is -2.41. The Morgan fingerprint density at radius 3 is 2.69 bits per heavy atom. The molecule has 3 aromatic rings. The molecule has 170 valence electrons. The lowest BCUT2D eigenvalue weighted by molar-refractivity contribution is 0.0392. The van der Waals surface area contributed by atoms with Gasteiger partial charge in [-0.3, -0.25) is 14.1 Å². The van der Waals surface area contributed by atoms with E-state index in [1.165, 1.54) is 0 Å². The van der Waals surface area contributed by atoms with Crippen molar-refractivity contribution < 1.29 is 9.53 Å². The number of anilines is 2. The van der Waals surface area contributed by atoms with Crippen molar-refractivity contribution in [1.82, 2.24) is 14.3 Å². The highest BCUT2D eigenvalue weighted by molar-refractivity contribution is 6.42. The summed E-state index contributed by atoms with van der Waals surface area (Å²) < 4.78 is 7.44. The quantitative estimate of drug-likeness (QED) is 0.553. The molecule has 9 heteroatoms. The molecule has 1 aromatic carbocycles. The van der Waals surface area contributed by atoms with E-state index in [1.54, 1.807) is 24.3 Å². The van der Waals surface area contributed by atoms with Crippen molar-refractivity contribution in [2.45, 2.75) is 13.3 Å². The number of ether oxygens (including phenoxy) is 1. The van der Waals surface area contributed by atoms with Crippen LogP contribution in [0.15, 0.2) is 36.5 Å². The third-order valence-corrected chi connectivity index (χ3v) is 6.39. The molecule has 0 spiro atoms. The third kappa shape index (κ3) is 5.02. The van der Waals surface area contributed by atoms with Gasteiger partial charge in [-0.2, -0.15) is 0 Å². The van der Waals surface area contributed by atoms with E-state index in [0.717, 1.165) is 63.0 Å². The number of amides is 1. The zero-order chi connectivity index (χ0) is 22.7. The summed E-state index contributed by atoms with van der Waals surface area (Å²) >= 11 is 12.0. The smallest absolute Gasteiger partial charge is 0.257 e. The van der Waals surface area contributed by atoms with Gasteiger partial charge in [-0.1, -0.05) is 30.1 Å². The summed E-state index contributed by atoms with van der Waals surface area (Å²) in [6, 6.07) is 8.68. The number of carbonyl (C=O) groups excluding carboxylic acids is 1. The molecule has 32 heavy (non-hydrogen) atoms. The number of fused-ring (bicyclic) bond motifs is 1. The van der Waals surface area contributed by atoms with Gasteiger partial charge in [0.25, 0.3) is 5.91 Å². The van der Waals surface area contributed by atoms with E-state index in [9.17, 15) is 4.79 Å². The number of benzene rings is 1. The maximum Gasteiger partial charge on any atom is 0.257 e. The van der Waals surface area contributed by atoms with Crippen molar-refractivity contribution in [3.05, 3.63) is 57.8 Å². The number of nitrogens with one attached hydrogen (secondary N) is 1. The maximum atomic E-state index is 12.9. The van der Waals surface area contributed by atoms with Crippen LogP contribution in [0.1, 0.15) is 23.0 Å². The van der Waals surface area contributed by atoms with Crippen LogP contribution >= 0.6 is 23.2 Å². The third-order valence-electron chi connectivity index (χ3n) is 5.65. The van der Waals surface area contributed by atoms with E-state index in [-0.39, 0.29) is 5.91 Å². The van der Waals surface area contributed by atoms with Gasteiger partial charge in [0.1, 0.15) is 11.5 Å². The molecule has 0 unspecified atom stereocenters. The second-order valence-electron chi connectivity index (χ2n) is 7.84. The number of rotatable bonds is 7. The largest absolute Gasteiger partial charge is 0.379 e. The van der Waals surface area contributed by atoms with Crippen LogP contribution in [0.2, 0.25) is 10.0 Å². The van der Waals surface area contributed by atoms with Crippen molar-refractivity contribution in [3.63, 3.8) is 0 Å². The summed E-state index contributed by atoms with van der Waals surface area (Å²) in [5.41, 5.74) is 2.95. The molecule has 0 atom stereocenters. The van der Waals surface area contributed by atoms with Crippen molar-refractivity contribution >= 4 is 46.3 Å². The minimum Gasteiger partial charge on any atom is -0.379 e. The van der Waals surface area contributed by atoms with E-state index in [1.807, 2.05) is 16.7 Å². The summed E-state index contributed by atoms with van der Waals surface area (Å²) in [5, 5.41) is 3.72. The molecule has 1 aliphatic rings. The van der Waals surface area contributed by atoms with Crippen LogP contribution in [0.5, 0.6) is 0 Å². The van der Waals surface area contributed by atoms with E-state index >= 15 is 0 Å². The Balaban J connectivity index is 1.56. The normalized spacial score (nSPS) is 14.6. The van der Waals surface area contributed by atoms with Crippen LogP contribution < -0.4 is 10.2 Å². The molecule has 3 heterocycles. The average molecular weight is 476 g/mol. The first-order valence-electron chi connectivity index (χ1n) is 10.7. The first kappa shape index (κ1) is 22.9. The van der Waals surface area contributed by atoms with E-state index in [4.69, 9.17) is 32.9 Å². The van der Waals surface area contributed by atoms with Gasteiger partial charge >= 0.3 is 0 Å². The van der Waals surface area contributed by atoms with Crippen molar-refractivity contribution in [1.29, 1.82) is 0 Å². The van der Waals surface area contributed by atoms with Crippen molar-refractivity contribution in [2.24, 2.45) is 0 Å². The van der Waals surface area contributed by atoms with Crippen LogP contribution in [0.4, 0.5) is 11.5 Å². The highest BCUT2D eigenvalue weighted by Gasteiger charge is 2.18. The Morgan fingerprint density at radius 2 is 1.97 bits per heavy atom. The first-order valence-corrected chi connectivity index (χ1v) is 11.5. The van der Waals surface area contributed by atoms with Gasteiger partial charge in [0, 0.05) is 45.1 Å². The molecule has 0 radical (unpaired) electrons. The Labute approximate surface area is 197 Å². The summed E-state index contributed by atoms with van der Waals surface area (Å²) in [6.45, 7) is 7.40. The van der Waals surface area contributed by atoms with Gasteiger partial charge in [-0.05, 0) is 36.8 Å². The van der Waals surface area contributed by atoms with Crippen LogP contribution in [-0.4, -0.2) is 66.6 Å². The summed E-state index contributed by atoms with van der Waals surface area (Å²) in [6.07, 6.45) is 2.65. The number of hydrogen-bond acceptors (Lipinski definition) is 5. The molecule has 7 nitrogen and oxygen atoms in total. The number of aromatic nitrogens is 2. The van der Waals surface area contributed by atoms with E-state index in [2.05, 4.69) is 29.1 Å².